The van der Waals surface area contributed by atoms with E-state index >= 15 is 0 Å². The molecule has 0 bridgehead atoms. The first-order valence-electron chi connectivity index (χ1n) is 8.38. The summed E-state index contributed by atoms with van der Waals surface area (Å²) in [7, 11) is 0. The summed E-state index contributed by atoms with van der Waals surface area (Å²) in [6.07, 6.45) is -0.958. The summed E-state index contributed by atoms with van der Waals surface area (Å²) in [4.78, 5) is 13.1. The normalized spacial score (nSPS) is 16.1. The van der Waals surface area contributed by atoms with Gasteiger partial charge < -0.3 is 9.84 Å². The van der Waals surface area contributed by atoms with Crippen LogP contribution in [0.5, 0.6) is 5.75 Å². The first-order valence-corrected chi connectivity index (χ1v) is 9.79. The van der Waals surface area contributed by atoms with Gasteiger partial charge in [-0.2, -0.15) is 0 Å². The predicted octanol–water partition coefficient (Wildman–Crippen LogP) is 5.61. The van der Waals surface area contributed by atoms with Gasteiger partial charge in [0.25, 0.3) is 0 Å². The summed E-state index contributed by atoms with van der Waals surface area (Å²) in [6.45, 7) is 2.88. The number of anilines is 1. The van der Waals surface area contributed by atoms with Gasteiger partial charge in [0.1, 0.15) is 12.4 Å². The number of amides is 1. The summed E-state index contributed by atoms with van der Waals surface area (Å²) >= 11 is 7.79. The average molecular weight is 388 g/mol. The fourth-order valence-electron chi connectivity index (χ4n) is 3.55. The second-order valence-electron chi connectivity index (χ2n) is 6.45. The van der Waals surface area contributed by atoms with Gasteiger partial charge in [-0.05, 0) is 29.0 Å². The topological polar surface area (TPSA) is 49.8 Å². The molecule has 1 aliphatic rings. The second-order valence-corrected chi connectivity index (χ2v) is 7.64. The van der Waals surface area contributed by atoms with Crippen LogP contribution in [0.3, 0.4) is 0 Å². The number of hydrogen-bond donors (Lipinski definition) is 1. The molecule has 2 heterocycles. The number of hydrogen-bond acceptors (Lipinski definition) is 3. The maximum atomic E-state index is 11.7. The third-order valence-corrected chi connectivity index (χ3v) is 6.25. The molecule has 4 rings (SSSR count). The Morgan fingerprint density at radius 1 is 1.38 bits per heavy atom. The van der Waals surface area contributed by atoms with Crippen molar-refractivity contribution < 1.29 is 14.6 Å². The van der Waals surface area contributed by atoms with Crippen molar-refractivity contribution in [2.75, 3.05) is 17.3 Å². The standard InChI is InChI=1S/C20H18ClNO3S/c1-12-11-26-19-16(25-10-13-5-3-2-4-6-13)7-15-18(17(12)19)14(8-21)9-22(15)20(23)24/h2-7,11,14H,8-10H2,1H3,(H,23,24)/t14-/m0/s1. The molecule has 0 radical (unpaired) electrons. The summed E-state index contributed by atoms with van der Waals surface area (Å²) in [5, 5.41) is 12.8. The minimum atomic E-state index is -0.958. The first-order chi connectivity index (χ1) is 12.6. The molecule has 1 amide bonds. The number of halogens is 1. The first kappa shape index (κ1) is 17.2. The molecule has 1 N–H and O–H groups in total. The minimum Gasteiger partial charge on any atom is -0.487 e. The number of carboxylic acid groups (broad SMARTS) is 1. The Hall–Kier alpha value is -2.24. The van der Waals surface area contributed by atoms with Crippen molar-refractivity contribution in [3.05, 3.63) is 58.5 Å². The Morgan fingerprint density at radius 2 is 2.15 bits per heavy atom. The second kappa shape index (κ2) is 6.82. The Labute approximate surface area is 160 Å². The van der Waals surface area contributed by atoms with Crippen LogP contribution in [0.25, 0.3) is 10.1 Å². The zero-order valence-corrected chi connectivity index (χ0v) is 15.8. The Kier molecular flexibility index (Phi) is 4.51. The molecule has 0 saturated heterocycles. The van der Waals surface area contributed by atoms with Gasteiger partial charge in [0.05, 0.1) is 10.4 Å². The number of aryl methyl sites for hydroxylation is 1. The SMILES string of the molecule is Cc1csc2c(OCc3ccccc3)cc3c(c12)[C@@H](CCl)CN3C(=O)O. The highest BCUT2D eigenvalue weighted by Crippen LogP contribution is 2.48. The molecule has 2 aromatic carbocycles. The molecule has 0 aliphatic carbocycles. The van der Waals surface area contributed by atoms with E-state index in [1.165, 1.54) is 4.90 Å². The van der Waals surface area contributed by atoms with Crippen molar-refractivity contribution >= 4 is 44.8 Å². The van der Waals surface area contributed by atoms with E-state index in [9.17, 15) is 9.90 Å². The Morgan fingerprint density at radius 3 is 2.85 bits per heavy atom. The lowest BCUT2D eigenvalue weighted by atomic mass is 9.97. The van der Waals surface area contributed by atoms with Crippen LogP contribution in [-0.2, 0) is 6.61 Å². The summed E-state index contributed by atoms with van der Waals surface area (Å²) in [5.74, 6) is 1.12. The summed E-state index contributed by atoms with van der Waals surface area (Å²) in [6, 6.07) is 11.8. The number of fused-ring (bicyclic) bond motifs is 3. The van der Waals surface area contributed by atoms with E-state index in [-0.39, 0.29) is 5.92 Å². The van der Waals surface area contributed by atoms with Gasteiger partial charge in [0, 0.05) is 29.8 Å². The van der Waals surface area contributed by atoms with Crippen molar-refractivity contribution in [1.82, 2.24) is 0 Å². The van der Waals surface area contributed by atoms with Crippen LogP contribution in [0.15, 0.2) is 41.8 Å². The third kappa shape index (κ3) is 2.81. The number of benzene rings is 2. The number of carbonyl (C=O) groups is 1. The summed E-state index contributed by atoms with van der Waals surface area (Å²) < 4.78 is 7.15. The zero-order valence-electron chi connectivity index (χ0n) is 14.2. The van der Waals surface area contributed by atoms with Crippen molar-refractivity contribution in [2.45, 2.75) is 19.4 Å². The molecule has 0 unspecified atom stereocenters. The van der Waals surface area contributed by atoms with Crippen LogP contribution < -0.4 is 9.64 Å². The molecule has 4 nitrogen and oxygen atoms in total. The highest BCUT2D eigenvalue weighted by atomic mass is 35.5. The molecule has 1 aromatic heterocycles. The van der Waals surface area contributed by atoms with Gasteiger partial charge in [0.2, 0.25) is 0 Å². The number of nitrogens with zero attached hydrogens (tertiary/aromatic N) is 1. The van der Waals surface area contributed by atoms with E-state index in [0.29, 0.717) is 24.7 Å². The molecular weight excluding hydrogens is 370 g/mol. The van der Waals surface area contributed by atoms with Crippen molar-refractivity contribution in [3.8, 4) is 5.75 Å². The molecule has 1 aliphatic heterocycles. The third-order valence-electron chi connectivity index (χ3n) is 4.77. The Bertz CT molecular complexity index is 970. The molecule has 3 aromatic rings. The zero-order chi connectivity index (χ0) is 18.3. The van der Waals surface area contributed by atoms with Crippen LogP contribution in [0, 0.1) is 6.92 Å². The van der Waals surface area contributed by atoms with E-state index in [1.54, 1.807) is 11.3 Å². The average Bonchev–Trinajstić information content (AvgIpc) is 3.21. The van der Waals surface area contributed by atoms with E-state index in [2.05, 4.69) is 12.3 Å². The van der Waals surface area contributed by atoms with Gasteiger partial charge in [-0.1, -0.05) is 30.3 Å². The molecular formula is C20H18ClNO3S. The van der Waals surface area contributed by atoms with Crippen molar-refractivity contribution in [3.63, 3.8) is 0 Å². The molecule has 134 valence electrons. The fourth-order valence-corrected chi connectivity index (χ4v) is 4.84. The van der Waals surface area contributed by atoms with E-state index in [1.807, 2.05) is 36.4 Å². The number of alkyl halides is 1. The van der Waals surface area contributed by atoms with Crippen molar-refractivity contribution in [2.24, 2.45) is 0 Å². The molecule has 0 saturated carbocycles. The largest absolute Gasteiger partial charge is 0.487 e. The maximum Gasteiger partial charge on any atom is 0.411 e. The fraction of sp³-hybridized carbons (Fsp3) is 0.250. The van der Waals surface area contributed by atoms with Crippen LogP contribution in [-0.4, -0.2) is 23.6 Å². The van der Waals surface area contributed by atoms with Gasteiger partial charge in [-0.25, -0.2) is 4.79 Å². The lowest BCUT2D eigenvalue weighted by Crippen LogP contribution is -2.28. The molecule has 26 heavy (non-hydrogen) atoms. The highest BCUT2D eigenvalue weighted by Gasteiger charge is 2.35. The van der Waals surface area contributed by atoms with Crippen LogP contribution >= 0.6 is 22.9 Å². The maximum absolute atomic E-state index is 11.7. The quantitative estimate of drug-likeness (QED) is 0.592. The summed E-state index contributed by atoms with van der Waals surface area (Å²) in [5.41, 5.74) is 3.93. The lowest BCUT2D eigenvalue weighted by Gasteiger charge is -2.16. The lowest BCUT2D eigenvalue weighted by molar-refractivity contribution is 0.202. The smallest absolute Gasteiger partial charge is 0.411 e. The number of ether oxygens (including phenoxy) is 1. The molecule has 0 spiro atoms. The molecule has 6 heteroatoms. The van der Waals surface area contributed by atoms with Gasteiger partial charge in [-0.15, -0.1) is 22.9 Å². The predicted molar refractivity (Wildman–Crippen MR) is 106 cm³/mol. The number of thiophene rings is 1. The van der Waals surface area contributed by atoms with E-state index < -0.39 is 6.09 Å². The minimum absolute atomic E-state index is 0.00161. The van der Waals surface area contributed by atoms with Gasteiger partial charge >= 0.3 is 6.09 Å². The Balaban J connectivity index is 1.82. The van der Waals surface area contributed by atoms with E-state index in [0.717, 1.165) is 32.5 Å². The van der Waals surface area contributed by atoms with Crippen molar-refractivity contribution in [1.29, 1.82) is 0 Å². The molecule has 1 atom stereocenters. The van der Waals surface area contributed by atoms with E-state index in [4.69, 9.17) is 16.3 Å². The number of rotatable bonds is 4. The monoisotopic (exact) mass is 387 g/mol. The molecule has 0 fully saturated rings. The van der Waals surface area contributed by atoms with Gasteiger partial charge in [-0.3, -0.25) is 4.90 Å². The van der Waals surface area contributed by atoms with Crippen LogP contribution in [0.4, 0.5) is 10.5 Å². The highest BCUT2D eigenvalue weighted by molar-refractivity contribution is 7.17. The van der Waals surface area contributed by atoms with Crippen LogP contribution in [0.1, 0.15) is 22.6 Å². The van der Waals surface area contributed by atoms with Gasteiger partial charge in [0.15, 0.2) is 0 Å². The van der Waals surface area contributed by atoms with Crippen LogP contribution in [0.2, 0.25) is 0 Å².